The average molecular weight is 296 g/mol. The van der Waals surface area contributed by atoms with Crippen LogP contribution in [0.15, 0.2) is 66.7 Å². The summed E-state index contributed by atoms with van der Waals surface area (Å²) in [6.45, 7) is 0. The van der Waals surface area contributed by atoms with Gasteiger partial charge in [-0.3, -0.25) is 0 Å². The summed E-state index contributed by atoms with van der Waals surface area (Å²) in [6, 6.07) is 18.2. The van der Waals surface area contributed by atoms with Crippen LogP contribution in [0.5, 0.6) is 5.75 Å². The van der Waals surface area contributed by atoms with Crippen molar-refractivity contribution >= 4 is 0 Å². The van der Waals surface area contributed by atoms with Crippen LogP contribution in [-0.4, -0.2) is 7.11 Å². The molecule has 0 heterocycles. The fourth-order valence-corrected chi connectivity index (χ4v) is 2.49. The minimum Gasteiger partial charge on any atom is -0.496 e. The van der Waals surface area contributed by atoms with Crippen LogP contribution in [0.25, 0.3) is 22.3 Å². The first-order valence-corrected chi connectivity index (χ1v) is 6.88. The lowest BCUT2D eigenvalue weighted by atomic mass is 9.93. The second kappa shape index (κ2) is 5.98. The third-order valence-corrected chi connectivity index (χ3v) is 3.53. The van der Waals surface area contributed by atoms with E-state index in [0.29, 0.717) is 5.75 Å². The third-order valence-electron chi connectivity index (χ3n) is 3.53. The van der Waals surface area contributed by atoms with Gasteiger partial charge in [0.1, 0.15) is 17.4 Å². The monoisotopic (exact) mass is 296 g/mol. The Morgan fingerprint density at radius 2 is 1.23 bits per heavy atom. The van der Waals surface area contributed by atoms with Crippen molar-refractivity contribution in [2.75, 3.05) is 7.11 Å². The van der Waals surface area contributed by atoms with Gasteiger partial charge in [0.05, 0.1) is 7.11 Å². The molecule has 0 aliphatic carbocycles. The van der Waals surface area contributed by atoms with Gasteiger partial charge in [0.25, 0.3) is 0 Å². The van der Waals surface area contributed by atoms with Gasteiger partial charge in [-0.05, 0) is 47.0 Å². The number of ether oxygens (including phenoxy) is 1. The van der Waals surface area contributed by atoms with E-state index in [1.54, 1.807) is 31.4 Å². The molecule has 0 aromatic heterocycles. The van der Waals surface area contributed by atoms with Crippen molar-refractivity contribution < 1.29 is 13.5 Å². The van der Waals surface area contributed by atoms with Crippen molar-refractivity contribution in [1.29, 1.82) is 0 Å². The molecule has 1 nitrogen and oxygen atoms in total. The van der Waals surface area contributed by atoms with E-state index >= 15 is 0 Å². The molecule has 0 saturated carbocycles. The van der Waals surface area contributed by atoms with E-state index in [2.05, 4.69) is 0 Å². The molecule has 0 bridgehead atoms. The van der Waals surface area contributed by atoms with Crippen molar-refractivity contribution in [3.05, 3.63) is 78.4 Å². The van der Waals surface area contributed by atoms with Gasteiger partial charge in [0, 0.05) is 5.56 Å². The molecule has 0 atom stereocenters. The Kier molecular flexibility index (Phi) is 3.88. The molecule has 110 valence electrons. The highest BCUT2D eigenvalue weighted by molar-refractivity contribution is 5.87. The molecular formula is C19H14F2O. The largest absolute Gasteiger partial charge is 0.496 e. The SMILES string of the molecule is COc1cccc(-c2ccc(F)cc2)c1-c1ccc(F)cc1. The van der Waals surface area contributed by atoms with Gasteiger partial charge in [-0.1, -0.05) is 36.4 Å². The smallest absolute Gasteiger partial charge is 0.127 e. The Balaban J connectivity index is 2.22. The zero-order valence-corrected chi connectivity index (χ0v) is 12.0. The predicted molar refractivity (Wildman–Crippen MR) is 83.8 cm³/mol. The number of methoxy groups -OCH3 is 1. The third kappa shape index (κ3) is 2.70. The average Bonchev–Trinajstić information content (AvgIpc) is 2.56. The van der Waals surface area contributed by atoms with Gasteiger partial charge in [0.15, 0.2) is 0 Å². The highest BCUT2D eigenvalue weighted by atomic mass is 19.1. The second-order valence-corrected chi connectivity index (χ2v) is 4.90. The zero-order chi connectivity index (χ0) is 15.5. The Morgan fingerprint density at radius 1 is 0.682 bits per heavy atom. The van der Waals surface area contributed by atoms with Crippen molar-refractivity contribution in [1.82, 2.24) is 0 Å². The molecule has 0 radical (unpaired) electrons. The van der Waals surface area contributed by atoms with Crippen LogP contribution < -0.4 is 4.74 Å². The Hall–Kier alpha value is -2.68. The molecule has 3 rings (SSSR count). The molecular weight excluding hydrogens is 282 g/mol. The van der Waals surface area contributed by atoms with E-state index < -0.39 is 0 Å². The molecule has 0 fully saturated rings. The summed E-state index contributed by atoms with van der Waals surface area (Å²) in [4.78, 5) is 0. The minimum atomic E-state index is -0.290. The normalized spacial score (nSPS) is 10.5. The predicted octanol–water partition coefficient (Wildman–Crippen LogP) is 5.31. The number of benzene rings is 3. The zero-order valence-electron chi connectivity index (χ0n) is 12.0. The maximum Gasteiger partial charge on any atom is 0.127 e. The van der Waals surface area contributed by atoms with Crippen molar-refractivity contribution in [2.45, 2.75) is 0 Å². The number of hydrogen-bond donors (Lipinski definition) is 0. The summed E-state index contributed by atoms with van der Waals surface area (Å²) in [6.07, 6.45) is 0. The van der Waals surface area contributed by atoms with Gasteiger partial charge in [-0.25, -0.2) is 8.78 Å². The van der Waals surface area contributed by atoms with E-state index in [1.807, 2.05) is 18.2 Å². The Morgan fingerprint density at radius 3 is 1.77 bits per heavy atom. The van der Waals surface area contributed by atoms with Crippen LogP contribution in [0, 0.1) is 11.6 Å². The molecule has 0 N–H and O–H groups in total. The van der Waals surface area contributed by atoms with Crippen LogP contribution in [0.2, 0.25) is 0 Å². The maximum atomic E-state index is 13.2. The van der Waals surface area contributed by atoms with Gasteiger partial charge in [-0.2, -0.15) is 0 Å². The molecule has 0 aliphatic rings. The highest BCUT2D eigenvalue weighted by Crippen LogP contribution is 2.39. The first-order chi connectivity index (χ1) is 10.7. The van der Waals surface area contributed by atoms with Crippen LogP contribution in [0.1, 0.15) is 0 Å². The molecule has 3 heteroatoms. The summed E-state index contributed by atoms with van der Waals surface area (Å²) in [5, 5.41) is 0. The van der Waals surface area contributed by atoms with Crippen LogP contribution in [-0.2, 0) is 0 Å². The van der Waals surface area contributed by atoms with E-state index in [4.69, 9.17) is 4.74 Å². The topological polar surface area (TPSA) is 9.23 Å². The molecule has 0 aliphatic heterocycles. The second-order valence-electron chi connectivity index (χ2n) is 4.90. The minimum absolute atomic E-state index is 0.282. The summed E-state index contributed by atoms with van der Waals surface area (Å²) < 4.78 is 31.8. The first-order valence-electron chi connectivity index (χ1n) is 6.88. The fraction of sp³-hybridized carbons (Fsp3) is 0.0526. The van der Waals surface area contributed by atoms with Crippen molar-refractivity contribution in [2.24, 2.45) is 0 Å². The molecule has 22 heavy (non-hydrogen) atoms. The molecule has 0 amide bonds. The highest BCUT2D eigenvalue weighted by Gasteiger charge is 2.13. The van der Waals surface area contributed by atoms with E-state index in [0.717, 1.165) is 22.3 Å². The van der Waals surface area contributed by atoms with Crippen molar-refractivity contribution in [3.8, 4) is 28.0 Å². The Bertz CT molecular complexity index is 778. The van der Waals surface area contributed by atoms with Crippen molar-refractivity contribution in [3.63, 3.8) is 0 Å². The van der Waals surface area contributed by atoms with E-state index in [-0.39, 0.29) is 11.6 Å². The summed E-state index contributed by atoms with van der Waals surface area (Å²) in [5.41, 5.74) is 3.49. The summed E-state index contributed by atoms with van der Waals surface area (Å²) in [5.74, 6) is 0.116. The number of rotatable bonds is 3. The standard InChI is InChI=1S/C19H14F2O/c1-22-18-4-2-3-17(13-5-9-15(20)10-6-13)19(18)14-7-11-16(21)12-8-14/h2-12H,1H3. The number of hydrogen-bond acceptors (Lipinski definition) is 1. The molecule has 3 aromatic carbocycles. The first kappa shape index (κ1) is 14.3. The maximum absolute atomic E-state index is 13.2. The van der Waals surface area contributed by atoms with Gasteiger partial charge in [0.2, 0.25) is 0 Å². The summed E-state index contributed by atoms with van der Waals surface area (Å²) >= 11 is 0. The molecule has 0 spiro atoms. The Labute approximate surface area is 127 Å². The van der Waals surface area contributed by atoms with Gasteiger partial charge in [-0.15, -0.1) is 0 Å². The lowest BCUT2D eigenvalue weighted by Gasteiger charge is -2.14. The quantitative estimate of drug-likeness (QED) is 0.636. The van der Waals surface area contributed by atoms with Crippen LogP contribution in [0.3, 0.4) is 0 Å². The van der Waals surface area contributed by atoms with Crippen LogP contribution >= 0.6 is 0 Å². The molecule has 3 aromatic rings. The molecule has 0 unspecified atom stereocenters. The molecule has 0 saturated heterocycles. The van der Waals surface area contributed by atoms with Gasteiger partial charge < -0.3 is 4.74 Å². The fourth-order valence-electron chi connectivity index (χ4n) is 2.49. The number of halogens is 2. The van der Waals surface area contributed by atoms with E-state index in [9.17, 15) is 8.78 Å². The van der Waals surface area contributed by atoms with Crippen LogP contribution in [0.4, 0.5) is 8.78 Å². The lowest BCUT2D eigenvalue weighted by molar-refractivity contribution is 0.416. The lowest BCUT2D eigenvalue weighted by Crippen LogP contribution is -1.92. The summed E-state index contributed by atoms with van der Waals surface area (Å²) in [7, 11) is 1.59. The van der Waals surface area contributed by atoms with E-state index in [1.165, 1.54) is 24.3 Å². The van der Waals surface area contributed by atoms with Gasteiger partial charge >= 0.3 is 0 Å².